The zero-order chi connectivity index (χ0) is 21.0. The van der Waals surface area contributed by atoms with E-state index in [1.165, 1.54) is 12.1 Å². The number of halogens is 3. The summed E-state index contributed by atoms with van der Waals surface area (Å²) in [6.07, 6.45) is -4.30. The van der Waals surface area contributed by atoms with Crippen molar-refractivity contribution in [1.29, 1.82) is 0 Å². The number of carbonyl (C=O) groups is 2. The summed E-state index contributed by atoms with van der Waals surface area (Å²) in [4.78, 5) is 26.0. The second kappa shape index (κ2) is 8.42. The molecule has 1 unspecified atom stereocenters. The average Bonchev–Trinajstić information content (AvgIpc) is 3.02. The molecular weight excluding hydrogens is 387 g/mol. The number of rotatable bonds is 5. The van der Waals surface area contributed by atoms with E-state index in [4.69, 9.17) is 4.74 Å². The number of ether oxygens (including phenoxy) is 1. The molecule has 154 valence electrons. The van der Waals surface area contributed by atoms with Crippen molar-refractivity contribution in [3.05, 3.63) is 54.1 Å². The van der Waals surface area contributed by atoms with Gasteiger partial charge in [0.2, 0.25) is 5.91 Å². The van der Waals surface area contributed by atoms with Crippen LogP contribution in [0.2, 0.25) is 0 Å². The third-order valence-corrected chi connectivity index (χ3v) is 4.39. The Morgan fingerprint density at radius 1 is 1.14 bits per heavy atom. The number of benzene rings is 2. The van der Waals surface area contributed by atoms with E-state index >= 15 is 0 Å². The molecule has 9 heteroatoms. The van der Waals surface area contributed by atoms with Crippen molar-refractivity contribution < 1.29 is 27.5 Å². The standard InChI is InChI=1S/C20H20F3N3O3/c1-2-29-17-9-7-16(8-10-17)26-12-15(11-18(26)27)25-19(28)24-14-5-3-13(4-6-14)20(21,22)23/h3-10,15H,2,11-12H2,1H3,(H2,24,25,28). The van der Waals surface area contributed by atoms with E-state index in [-0.39, 0.29) is 18.0 Å². The number of anilines is 2. The van der Waals surface area contributed by atoms with E-state index in [1.54, 1.807) is 29.2 Å². The summed E-state index contributed by atoms with van der Waals surface area (Å²) in [6, 6.07) is 10.2. The van der Waals surface area contributed by atoms with Gasteiger partial charge in [0.05, 0.1) is 18.2 Å². The Labute approximate surface area is 165 Å². The number of amides is 3. The van der Waals surface area contributed by atoms with E-state index in [0.717, 1.165) is 12.1 Å². The van der Waals surface area contributed by atoms with Gasteiger partial charge in [0.1, 0.15) is 5.75 Å². The van der Waals surface area contributed by atoms with Gasteiger partial charge in [-0.05, 0) is 55.5 Å². The number of nitrogens with one attached hydrogen (secondary N) is 2. The second-order valence-corrected chi connectivity index (χ2v) is 6.51. The molecule has 6 nitrogen and oxygen atoms in total. The van der Waals surface area contributed by atoms with Crippen molar-refractivity contribution in [2.75, 3.05) is 23.4 Å². The molecule has 3 rings (SSSR count). The largest absolute Gasteiger partial charge is 0.494 e. The van der Waals surface area contributed by atoms with Gasteiger partial charge < -0.3 is 20.3 Å². The van der Waals surface area contributed by atoms with Crippen LogP contribution in [0.15, 0.2) is 48.5 Å². The van der Waals surface area contributed by atoms with Crippen molar-refractivity contribution in [2.24, 2.45) is 0 Å². The number of carbonyl (C=O) groups excluding carboxylic acids is 2. The molecule has 2 aromatic carbocycles. The molecule has 0 saturated carbocycles. The van der Waals surface area contributed by atoms with E-state index in [2.05, 4.69) is 10.6 Å². The molecule has 0 radical (unpaired) electrons. The monoisotopic (exact) mass is 407 g/mol. The Hall–Kier alpha value is -3.23. The first kappa shape index (κ1) is 20.5. The molecule has 0 bridgehead atoms. The summed E-state index contributed by atoms with van der Waals surface area (Å²) in [5, 5.41) is 5.15. The van der Waals surface area contributed by atoms with Gasteiger partial charge in [-0.15, -0.1) is 0 Å². The maximum Gasteiger partial charge on any atom is 0.416 e. The molecule has 0 aromatic heterocycles. The van der Waals surface area contributed by atoms with Crippen molar-refractivity contribution >= 4 is 23.3 Å². The third-order valence-electron chi connectivity index (χ3n) is 4.39. The van der Waals surface area contributed by atoms with Crippen molar-refractivity contribution in [3.8, 4) is 5.75 Å². The van der Waals surface area contributed by atoms with Gasteiger partial charge in [0.25, 0.3) is 0 Å². The van der Waals surface area contributed by atoms with E-state index in [0.29, 0.717) is 24.6 Å². The van der Waals surface area contributed by atoms with E-state index < -0.39 is 23.8 Å². The first-order valence-corrected chi connectivity index (χ1v) is 9.04. The SMILES string of the molecule is CCOc1ccc(N2CC(NC(=O)Nc3ccc(C(F)(F)F)cc3)CC2=O)cc1. The zero-order valence-corrected chi connectivity index (χ0v) is 15.6. The fraction of sp³-hybridized carbons (Fsp3) is 0.300. The Balaban J connectivity index is 1.55. The Bertz CT molecular complexity index is 867. The van der Waals surface area contributed by atoms with Gasteiger partial charge in [-0.3, -0.25) is 4.79 Å². The summed E-state index contributed by atoms with van der Waals surface area (Å²) >= 11 is 0. The zero-order valence-electron chi connectivity index (χ0n) is 15.6. The minimum atomic E-state index is -4.44. The minimum absolute atomic E-state index is 0.131. The fourth-order valence-corrected chi connectivity index (χ4v) is 3.04. The first-order valence-electron chi connectivity index (χ1n) is 9.04. The molecule has 1 aliphatic rings. The Morgan fingerprint density at radius 2 is 1.79 bits per heavy atom. The Kier molecular flexibility index (Phi) is 5.95. The van der Waals surface area contributed by atoms with Gasteiger partial charge in [-0.2, -0.15) is 13.2 Å². The number of alkyl halides is 3. The molecule has 0 spiro atoms. The van der Waals surface area contributed by atoms with Crippen LogP contribution in [-0.2, 0) is 11.0 Å². The summed E-state index contributed by atoms with van der Waals surface area (Å²) < 4.78 is 43.1. The second-order valence-electron chi connectivity index (χ2n) is 6.51. The van der Waals surface area contributed by atoms with Crippen molar-refractivity contribution in [1.82, 2.24) is 5.32 Å². The van der Waals surface area contributed by atoms with Crippen LogP contribution in [0.1, 0.15) is 18.9 Å². The highest BCUT2D eigenvalue weighted by Crippen LogP contribution is 2.30. The van der Waals surface area contributed by atoms with Gasteiger partial charge in [0, 0.05) is 24.3 Å². The van der Waals surface area contributed by atoms with Crippen LogP contribution in [0, 0.1) is 0 Å². The van der Waals surface area contributed by atoms with Crippen LogP contribution in [0.3, 0.4) is 0 Å². The van der Waals surface area contributed by atoms with Crippen molar-refractivity contribution in [3.63, 3.8) is 0 Å². The number of urea groups is 1. The van der Waals surface area contributed by atoms with E-state index in [9.17, 15) is 22.8 Å². The fourth-order valence-electron chi connectivity index (χ4n) is 3.04. The maximum atomic E-state index is 12.6. The predicted molar refractivity (Wildman–Crippen MR) is 102 cm³/mol. The summed E-state index contributed by atoms with van der Waals surface area (Å²) in [7, 11) is 0. The smallest absolute Gasteiger partial charge is 0.416 e. The number of hydrogen-bond acceptors (Lipinski definition) is 3. The van der Waals surface area contributed by atoms with Crippen LogP contribution in [-0.4, -0.2) is 31.1 Å². The van der Waals surface area contributed by atoms with Crippen LogP contribution < -0.4 is 20.3 Å². The molecule has 0 aliphatic carbocycles. The van der Waals surface area contributed by atoms with Crippen LogP contribution >= 0.6 is 0 Å². The maximum absolute atomic E-state index is 12.6. The molecule has 1 atom stereocenters. The number of hydrogen-bond donors (Lipinski definition) is 2. The third kappa shape index (κ3) is 5.18. The molecular formula is C20H20F3N3O3. The highest BCUT2D eigenvalue weighted by atomic mass is 19.4. The molecule has 1 heterocycles. The molecule has 2 N–H and O–H groups in total. The molecule has 29 heavy (non-hydrogen) atoms. The lowest BCUT2D eigenvalue weighted by molar-refractivity contribution is -0.137. The Morgan fingerprint density at radius 3 is 2.38 bits per heavy atom. The molecule has 1 saturated heterocycles. The topological polar surface area (TPSA) is 70.7 Å². The average molecular weight is 407 g/mol. The quantitative estimate of drug-likeness (QED) is 0.786. The molecule has 1 fully saturated rings. The summed E-state index contributed by atoms with van der Waals surface area (Å²) in [5.74, 6) is 0.572. The van der Waals surface area contributed by atoms with E-state index in [1.807, 2.05) is 6.92 Å². The summed E-state index contributed by atoms with van der Waals surface area (Å²) in [5.41, 5.74) is 0.130. The lowest BCUT2D eigenvalue weighted by Crippen LogP contribution is -2.39. The van der Waals surface area contributed by atoms with Crippen LogP contribution in [0.4, 0.5) is 29.3 Å². The summed E-state index contributed by atoms with van der Waals surface area (Å²) in [6.45, 7) is 2.72. The minimum Gasteiger partial charge on any atom is -0.494 e. The van der Waals surface area contributed by atoms with Gasteiger partial charge in [-0.1, -0.05) is 0 Å². The molecule has 3 amide bonds. The normalized spacial score (nSPS) is 16.6. The first-order chi connectivity index (χ1) is 13.8. The lowest BCUT2D eigenvalue weighted by Gasteiger charge is -2.18. The number of nitrogens with zero attached hydrogens (tertiary/aromatic N) is 1. The molecule has 2 aromatic rings. The van der Waals surface area contributed by atoms with Crippen LogP contribution in [0.5, 0.6) is 5.75 Å². The molecule has 1 aliphatic heterocycles. The lowest BCUT2D eigenvalue weighted by atomic mass is 10.2. The van der Waals surface area contributed by atoms with Gasteiger partial charge in [-0.25, -0.2) is 4.79 Å². The predicted octanol–water partition coefficient (Wildman–Crippen LogP) is 4.03. The highest BCUT2D eigenvalue weighted by Gasteiger charge is 2.32. The highest BCUT2D eigenvalue weighted by molar-refractivity contribution is 5.97. The van der Waals surface area contributed by atoms with Gasteiger partial charge in [0.15, 0.2) is 0 Å². The van der Waals surface area contributed by atoms with Crippen LogP contribution in [0.25, 0.3) is 0 Å². The van der Waals surface area contributed by atoms with Gasteiger partial charge >= 0.3 is 12.2 Å². The van der Waals surface area contributed by atoms with Crippen molar-refractivity contribution in [2.45, 2.75) is 25.6 Å².